The summed E-state index contributed by atoms with van der Waals surface area (Å²) in [5, 5.41) is 27.5. The average Bonchev–Trinajstić information content (AvgIpc) is 3.30. The maximum absolute atomic E-state index is 12.5. The molecule has 2 amide bonds. The summed E-state index contributed by atoms with van der Waals surface area (Å²) in [5.41, 5.74) is 3.27. The topological polar surface area (TPSA) is 167 Å². The smallest absolute Gasteiger partial charge is 1.00 e. The number of nitrogens with one attached hydrogen (secondary N) is 2. The Balaban J connectivity index is 0.000000556. The van der Waals surface area contributed by atoms with Crippen molar-refractivity contribution in [3.63, 3.8) is 0 Å². The van der Waals surface area contributed by atoms with Gasteiger partial charge in [-0.15, -0.1) is 0 Å². The van der Waals surface area contributed by atoms with Crippen LogP contribution in [0, 0.1) is 51.4 Å². The Morgan fingerprint density at radius 1 is 0.621 bits per heavy atom. The van der Waals surface area contributed by atoms with E-state index in [1.165, 1.54) is 29.7 Å². The van der Waals surface area contributed by atoms with E-state index in [4.69, 9.17) is 65.9 Å². The van der Waals surface area contributed by atoms with Crippen molar-refractivity contribution in [3.8, 4) is 0 Å². The average molecular weight is 1320 g/mol. The van der Waals surface area contributed by atoms with Gasteiger partial charge >= 0.3 is 64.5 Å². The third-order valence-corrected chi connectivity index (χ3v) is 16.3. The summed E-state index contributed by atoms with van der Waals surface area (Å²) in [4.78, 5) is 27.0. The van der Waals surface area contributed by atoms with Crippen LogP contribution in [0.5, 0.6) is 0 Å². The molecular weight excluding hydrogens is 1230 g/mol. The predicted molar refractivity (Wildman–Crippen MR) is 346 cm³/mol. The first-order chi connectivity index (χ1) is 39.3. The molecule has 473 valence electrons. The van der Waals surface area contributed by atoms with Gasteiger partial charge in [-0.3, -0.25) is 4.90 Å². The fourth-order valence-electron chi connectivity index (χ4n) is 8.65. The second kappa shape index (κ2) is 35.1. The van der Waals surface area contributed by atoms with Crippen LogP contribution in [0.1, 0.15) is 148 Å². The second-order valence-electron chi connectivity index (χ2n) is 24.3. The van der Waals surface area contributed by atoms with Gasteiger partial charge in [-0.1, -0.05) is 135 Å². The van der Waals surface area contributed by atoms with Gasteiger partial charge in [0.1, 0.15) is 11.2 Å². The molecule has 1 saturated heterocycles. The number of carbonyl (C=O) groups excluding carboxylic acids is 2. The molecule has 1 fully saturated rings. The van der Waals surface area contributed by atoms with E-state index in [1.54, 1.807) is 50.8 Å². The molecule has 4 aliphatic heterocycles. The molecule has 87 heavy (non-hydrogen) atoms. The third-order valence-electron chi connectivity index (χ3n) is 13.7. The Morgan fingerprint density at radius 3 is 1.54 bits per heavy atom. The summed E-state index contributed by atoms with van der Waals surface area (Å²) in [6.07, 6.45) is 9.11. The number of benzene rings is 4. The van der Waals surface area contributed by atoms with Crippen LogP contribution in [0.3, 0.4) is 0 Å². The molecule has 0 aliphatic carbocycles. The number of hydrogen-bond acceptors (Lipinski definition) is 11. The van der Waals surface area contributed by atoms with Crippen molar-refractivity contribution in [2.45, 2.75) is 152 Å². The zero-order valence-electron chi connectivity index (χ0n) is 53.8. The van der Waals surface area contributed by atoms with Crippen molar-refractivity contribution in [1.29, 1.82) is 0 Å². The molecule has 13 nitrogen and oxygen atoms in total. The zero-order valence-corrected chi connectivity index (χ0v) is 58.6. The second-order valence-corrected chi connectivity index (χ2v) is 27.4. The van der Waals surface area contributed by atoms with Gasteiger partial charge in [-0.05, 0) is 206 Å². The van der Waals surface area contributed by atoms with Crippen molar-refractivity contribution in [3.05, 3.63) is 156 Å². The number of amides is 2. The van der Waals surface area contributed by atoms with Crippen LogP contribution >= 0.6 is 46.4 Å². The van der Waals surface area contributed by atoms with Crippen LogP contribution in [-0.4, -0.2) is 98.9 Å². The van der Waals surface area contributed by atoms with Crippen molar-refractivity contribution >= 4 is 101 Å². The molecule has 24 heteroatoms. The molecule has 8 rings (SSSR count). The number of halogens is 7. The van der Waals surface area contributed by atoms with Gasteiger partial charge in [0.15, 0.2) is 0 Å². The van der Waals surface area contributed by atoms with Gasteiger partial charge in [0.05, 0.1) is 5.70 Å². The zero-order chi connectivity index (χ0) is 63.9. The molecule has 4 aromatic carbocycles. The molecule has 0 saturated carbocycles. The maximum Gasteiger partial charge on any atom is 1.00 e. The normalized spacial score (nSPS) is 19.3. The van der Waals surface area contributed by atoms with E-state index >= 15 is 0 Å². The molecule has 4 aromatic rings. The minimum absolute atomic E-state index is 0. The number of hydrogen-bond donors (Lipinski definition) is 4. The summed E-state index contributed by atoms with van der Waals surface area (Å²) in [6.45, 7) is 29.5. The maximum atomic E-state index is 12.5. The number of nitrogens with zero attached hydrogens (tertiary/aromatic N) is 2. The van der Waals surface area contributed by atoms with E-state index < -0.39 is 45.9 Å². The van der Waals surface area contributed by atoms with Crippen molar-refractivity contribution in [1.82, 2.24) is 20.4 Å². The number of carbonyl (C=O) groups is 2. The summed E-state index contributed by atoms with van der Waals surface area (Å²) in [6, 6.07) is 23.9. The van der Waals surface area contributed by atoms with E-state index in [-0.39, 0.29) is 64.4 Å². The number of alkyl halides is 3. The van der Waals surface area contributed by atoms with E-state index in [0.29, 0.717) is 34.0 Å². The number of rotatable bonds is 6. The molecule has 4 N–H and O–H groups in total. The molecule has 0 bridgehead atoms. The number of ether oxygens (including phenoxy) is 2. The van der Waals surface area contributed by atoms with Crippen molar-refractivity contribution in [2.75, 3.05) is 26.2 Å². The van der Waals surface area contributed by atoms with E-state index in [2.05, 4.69) is 78.1 Å². The minimum atomic E-state index is -5.84. The molecule has 3 radical (unpaired) electrons. The van der Waals surface area contributed by atoms with Crippen LogP contribution in [-0.2, 0) is 23.8 Å². The molecule has 0 aromatic heterocycles. The Hall–Kier alpha value is -3.85. The monoisotopic (exact) mass is 1320 g/mol. The minimum Gasteiger partial charge on any atom is -1.00 e. The molecule has 0 spiro atoms. The summed E-state index contributed by atoms with van der Waals surface area (Å²) in [7, 11) is -7.28. The number of allylic oxidation sites excluding steroid dienone is 3. The van der Waals surface area contributed by atoms with Crippen LogP contribution in [0.25, 0.3) is 11.4 Å². The van der Waals surface area contributed by atoms with Crippen molar-refractivity contribution < 1.29 is 85.9 Å². The van der Waals surface area contributed by atoms with Gasteiger partial charge < -0.3 is 35.8 Å². The number of aryl methyl sites for hydroxylation is 4. The quantitative estimate of drug-likeness (QED) is 0.0824. The fraction of sp³-hybridized carbons (Fsp3) is 0.492. The molecule has 5 atom stereocenters. The summed E-state index contributed by atoms with van der Waals surface area (Å²) < 4.78 is 74.0. The standard InChI is InChI=1S/C18H24ClNO2.C13H18ClN.C13H16ClN.C12H18F3NO5S.C7H8BClO2.B.Na.H/c1-12-6-9-16(14-8-7-13(2)15(19)10-14)20(11-12)17(21)22-18(3,4)5;2*1-9-3-6-13(15-8-9)11-5-4-10(2)12(14)7-11;1-8-5-6-9(21-22(18,19)12(13,14)15)16(7-8)10(17)20-11(2,3)4;1-5-2-3-6(8(10)11)4-7(5)9;;;/h7-10,12H,6,11H2,1-5H3;4-5,7,9,13,15H,3,6,8H2,1-2H3;4-7,9,15H,3,8H2,1-2H3;6,8H,5,7H2,1-4H3;2-4,10-11H,1H3;;;/q;;;;;;+1;-1. The summed E-state index contributed by atoms with van der Waals surface area (Å²) in [5.74, 6) is 1.19. The van der Waals surface area contributed by atoms with E-state index in [0.717, 1.165) is 92.3 Å². The first-order valence-corrected chi connectivity index (χ1v) is 31.3. The van der Waals surface area contributed by atoms with Gasteiger partial charge in [0.25, 0.3) is 0 Å². The SMILES string of the molecule is CC1CC=C(OS(=O)(=O)C(F)(F)F)N(C(=O)OC(C)(C)C)C1.Cc1ccc(B(O)O)cc1Cl.Cc1ccc(C2=CCC(C)CN2)cc1Cl.Cc1ccc(C2=CCC(C)CN2C(=O)OC(C)(C)C)cc1Cl.Cc1ccc(C2CCC(C)CN2)cc1Cl.[B].[H-].[Na+]. The van der Waals surface area contributed by atoms with Gasteiger partial charge in [-0.2, -0.15) is 21.6 Å². The van der Waals surface area contributed by atoms with Crippen LogP contribution in [0.2, 0.25) is 20.1 Å². The Morgan fingerprint density at radius 2 is 1.08 bits per heavy atom. The van der Waals surface area contributed by atoms with Gasteiger partial charge in [-0.25, -0.2) is 14.5 Å². The third kappa shape index (κ3) is 26.1. The molecule has 5 unspecified atom stereocenters. The first kappa shape index (κ1) is 79.2. The van der Waals surface area contributed by atoms with E-state index in [1.807, 2.05) is 72.7 Å². The first-order valence-electron chi connectivity index (χ1n) is 28.3. The summed E-state index contributed by atoms with van der Waals surface area (Å²) >= 11 is 24.2. The van der Waals surface area contributed by atoms with Crippen LogP contribution < -0.4 is 45.7 Å². The largest absolute Gasteiger partial charge is 1.00 e. The predicted octanol–water partition coefficient (Wildman–Crippen LogP) is 12.6. The molecule has 4 heterocycles. The van der Waals surface area contributed by atoms with E-state index in [9.17, 15) is 31.2 Å². The Kier molecular flexibility index (Phi) is 32.0. The van der Waals surface area contributed by atoms with Crippen LogP contribution in [0.4, 0.5) is 22.8 Å². The molecular formula is C63H85B2Cl4F3N4NaO9S. The Labute approximate surface area is 560 Å². The van der Waals surface area contributed by atoms with Crippen LogP contribution in [0.15, 0.2) is 96.9 Å². The van der Waals surface area contributed by atoms with Gasteiger partial charge in [0, 0.05) is 59.9 Å². The van der Waals surface area contributed by atoms with Crippen molar-refractivity contribution in [2.24, 2.45) is 23.7 Å². The van der Waals surface area contributed by atoms with Gasteiger partial charge in [0.2, 0.25) is 5.88 Å². The fourth-order valence-corrected chi connectivity index (χ4v) is 9.87. The molecule has 4 aliphatic rings. The Bertz CT molecular complexity index is 3150. The number of piperidine rings is 1.